The first-order chi connectivity index (χ1) is 7.66. The van der Waals surface area contributed by atoms with Gasteiger partial charge in [0, 0.05) is 6.04 Å². The summed E-state index contributed by atoms with van der Waals surface area (Å²) in [5, 5.41) is 0. The van der Waals surface area contributed by atoms with E-state index in [4.69, 9.17) is 11.5 Å². The Morgan fingerprint density at radius 1 is 1.24 bits per heavy atom. The van der Waals surface area contributed by atoms with Gasteiger partial charge in [-0.1, -0.05) is 32.6 Å². The van der Waals surface area contributed by atoms with E-state index in [2.05, 4.69) is 33.9 Å². The molecule has 0 bridgehead atoms. The third kappa shape index (κ3) is 17.5. The number of allylic oxidation sites excluding steroid dienone is 3. The van der Waals surface area contributed by atoms with Gasteiger partial charge in [-0.25, -0.2) is 4.39 Å². The summed E-state index contributed by atoms with van der Waals surface area (Å²) >= 11 is 0. The maximum absolute atomic E-state index is 12.4. The van der Waals surface area contributed by atoms with Crippen LogP contribution < -0.4 is 11.5 Å². The predicted octanol–water partition coefficient (Wildman–Crippen LogP) is 3.66. The second kappa shape index (κ2) is 10.1. The first-order valence-corrected chi connectivity index (χ1v) is 5.89. The van der Waals surface area contributed by atoms with Gasteiger partial charge in [-0.2, -0.15) is 0 Å². The van der Waals surface area contributed by atoms with Crippen molar-refractivity contribution in [3.05, 3.63) is 36.3 Å². The summed E-state index contributed by atoms with van der Waals surface area (Å²) in [6.45, 7) is 14.9. The maximum Gasteiger partial charge on any atom is 0.145 e. The topological polar surface area (TPSA) is 52.0 Å². The van der Waals surface area contributed by atoms with Gasteiger partial charge in [0.2, 0.25) is 0 Å². The van der Waals surface area contributed by atoms with E-state index in [1.165, 1.54) is 12.5 Å². The lowest BCUT2D eigenvalue weighted by Crippen LogP contribution is -2.14. The molecule has 0 heterocycles. The van der Waals surface area contributed by atoms with Gasteiger partial charge in [0.25, 0.3) is 0 Å². The molecule has 0 fully saturated rings. The van der Waals surface area contributed by atoms with E-state index in [0.29, 0.717) is 11.6 Å². The van der Waals surface area contributed by atoms with Crippen LogP contribution in [0.25, 0.3) is 0 Å². The zero-order valence-corrected chi connectivity index (χ0v) is 11.6. The van der Waals surface area contributed by atoms with E-state index < -0.39 is 5.83 Å². The zero-order valence-electron chi connectivity index (χ0n) is 11.6. The zero-order chi connectivity index (χ0) is 14.0. The van der Waals surface area contributed by atoms with Gasteiger partial charge >= 0.3 is 0 Å². The lowest BCUT2D eigenvalue weighted by molar-refractivity contribution is 0.514. The molecule has 0 aromatic carbocycles. The molecule has 0 saturated carbocycles. The summed E-state index contributed by atoms with van der Waals surface area (Å²) in [7, 11) is 0. The van der Waals surface area contributed by atoms with Crippen molar-refractivity contribution in [1.29, 1.82) is 0 Å². The fraction of sp³-hybridized carbons (Fsp3) is 0.571. The third-order valence-electron chi connectivity index (χ3n) is 1.88. The van der Waals surface area contributed by atoms with Crippen molar-refractivity contribution in [3.8, 4) is 0 Å². The van der Waals surface area contributed by atoms with E-state index in [-0.39, 0.29) is 5.70 Å². The van der Waals surface area contributed by atoms with Crippen LogP contribution in [-0.2, 0) is 0 Å². The monoisotopic (exact) mass is 242 g/mol. The molecule has 3 heteroatoms. The van der Waals surface area contributed by atoms with Crippen LogP contribution in [0.3, 0.4) is 0 Å². The van der Waals surface area contributed by atoms with Gasteiger partial charge in [0.1, 0.15) is 5.83 Å². The molecule has 1 atom stereocenters. The fourth-order valence-electron chi connectivity index (χ4n) is 0.905. The molecule has 0 radical (unpaired) electrons. The predicted molar refractivity (Wildman–Crippen MR) is 75.1 cm³/mol. The van der Waals surface area contributed by atoms with Gasteiger partial charge in [0.15, 0.2) is 0 Å². The van der Waals surface area contributed by atoms with Crippen molar-refractivity contribution < 1.29 is 4.39 Å². The largest absolute Gasteiger partial charge is 0.397 e. The molecule has 0 rings (SSSR count). The lowest BCUT2D eigenvalue weighted by atomic mass is 10.1. The summed E-state index contributed by atoms with van der Waals surface area (Å²) in [4.78, 5) is 0. The average Bonchev–Trinajstić information content (AvgIpc) is 2.14. The Labute approximate surface area is 105 Å². The van der Waals surface area contributed by atoms with Crippen LogP contribution in [0.1, 0.15) is 40.5 Å². The Balaban J connectivity index is 0. The number of rotatable bonds is 5. The number of nitrogens with two attached hydrogens (primary N) is 2. The molecule has 4 N–H and O–H groups in total. The minimum Gasteiger partial charge on any atom is -0.397 e. The van der Waals surface area contributed by atoms with Crippen molar-refractivity contribution >= 4 is 0 Å². The standard InChI is InChI=1S/C7H10FN.C7H17N/c1-5(2)4-7(8)6(3)9;1-6(2)4-5-7(3)8/h4H,1,3,9H2,2H3;6-7H,4-5,8H2,1-3H3/b7-4+;. The van der Waals surface area contributed by atoms with E-state index in [1.807, 2.05) is 0 Å². The molecule has 100 valence electrons. The summed E-state index contributed by atoms with van der Waals surface area (Å²) in [6, 6.07) is 0.386. The summed E-state index contributed by atoms with van der Waals surface area (Å²) < 4.78 is 12.4. The molecule has 0 spiro atoms. The Morgan fingerprint density at radius 2 is 1.71 bits per heavy atom. The van der Waals surface area contributed by atoms with E-state index in [9.17, 15) is 4.39 Å². The van der Waals surface area contributed by atoms with Crippen molar-refractivity contribution in [1.82, 2.24) is 0 Å². The summed E-state index contributed by atoms with van der Waals surface area (Å²) in [5.41, 5.74) is 11.1. The highest BCUT2D eigenvalue weighted by molar-refractivity contribution is 5.26. The Hall–Kier alpha value is -1.09. The molecule has 0 amide bonds. The van der Waals surface area contributed by atoms with Crippen LogP contribution in [0.5, 0.6) is 0 Å². The Bertz CT molecular complexity index is 257. The highest BCUT2D eigenvalue weighted by Crippen LogP contribution is 2.05. The summed E-state index contributed by atoms with van der Waals surface area (Å²) in [5.74, 6) is 0.295. The normalized spacial score (nSPS) is 12.8. The van der Waals surface area contributed by atoms with Crippen LogP contribution in [0.4, 0.5) is 4.39 Å². The van der Waals surface area contributed by atoms with Crippen LogP contribution >= 0.6 is 0 Å². The first kappa shape index (κ1) is 18.3. The van der Waals surface area contributed by atoms with Crippen molar-refractivity contribution in [2.24, 2.45) is 17.4 Å². The van der Waals surface area contributed by atoms with E-state index in [1.54, 1.807) is 6.92 Å². The van der Waals surface area contributed by atoms with Crippen LogP contribution in [0.15, 0.2) is 36.3 Å². The molecule has 1 unspecified atom stereocenters. The Morgan fingerprint density at radius 3 is 1.82 bits per heavy atom. The molecule has 0 aliphatic rings. The van der Waals surface area contributed by atoms with E-state index in [0.717, 1.165) is 12.3 Å². The van der Waals surface area contributed by atoms with Crippen LogP contribution in [-0.4, -0.2) is 6.04 Å². The first-order valence-electron chi connectivity index (χ1n) is 5.89. The fourth-order valence-corrected chi connectivity index (χ4v) is 0.905. The van der Waals surface area contributed by atoms with Crippen LogP contribution in [0.2, 0.25) is 0 Å². The minimum atomic E-state index is -0.512. The molecule has 0 saturated heterocycles. The maximum atomic E-state index is 12.4. The van der Waals surface area contributed by atoms with Crippen LogP contribution in [0, 0.1) is 5.92 Å². The van der Waals surface area contributed by atoms with E-state index >= 15 is 0 Å². The molecule has 0 aliphatic carbocycles. The van der Waals surface area contributed by atoms with Crippen molar-refractivity contribution in [2.45, 2.75) is 46.6 Å². The van der Waals surface area contributed by atoms with Gasteiger partial charge in [0.05, 0.1) is 5.70 Å². The minimum absolute atomic E-state index is 0.0574. The number of halogens is 1. The lowest BCUT2D eigenvalue weighted by Gasteiger charge is -2.05. The van der Waals surface area contributed by atoms with Gasteiger partial charge in [-0.15, -0.1) is 0 Å². The molecule has 17 heavy (non-hydrogen) atoms. The molecule has 0 aliphatic heterocycles. The molecular formula is C14H27FN2. The van der Waals surface area contributed by atoms with Gasteiger partial charge < -0.3 is 11.5 Å². The molecule has 0 aromatic rings. The van der Waals surface area contributed by atoms with Gasteiger partial charge in [-0.05, 0) is 38.7 Å². The average molecular weight is 242 g/mol. The molecule has 2 nitrogen and oxygen atoms in total. The molecule has 0 aromatic heterocycles. The molecular weight excluding hydrogens is 215 g/mol. The SMILES string of the molecule is C=C(C)/C=C(/F)C(=C)N.CC(C)CCC(C)N. The van der Waals surface area contributed by atoms with Crippen molar-refractivity contribution in [2.75, 3.05) is 0 Å². The highest BCUT2D eigenvalue weighted by atomic mass is 19.1. The van der Waals surface area contributed by atoms with Gasteiger partial charge in [-0.3, -0.25) is 0 Å². The van der Waals surface area contributed by atoms with Crippen molar-refractivity contribution in [3.63, 3.8) is 0 Å². The second-order valence-corrected chi connectivity index (χ2v) is 4.81. The summed E-state index contributed by atoms with van der Waals surface area (Å²) in [6.07, 6.45) is 3.66. The quantitative estimate of drug-likeness (QED) is 0.723. The number of hydrogen-bond acceptors (Lipinski definition) is 2. The smallest absolute Gasteiger partial charge is 0.145 e. The third-order valence-corrected chi connectivity index (χ3v) is 1.88. The second-order valence-electron chi connectivity index (χ2n) is 4.81. The Kier molecular flexibility index (Phi) is 10.8. The number of hydrogen-bond donors (Lipinski definition) is 2. The highest BCUT2D eigenvalue weighted by Gasteiger charge is 1.96.